The van der Waals surface area contributed by atoms with Crippen LogP contribution in [0.3, 0.4) is 0 Å². The van der Waals surface area contributed by atoms with Crippen molar-refractivity contribution in [3.8, 4) is 6.07 Å². The maximum Gasteiger partial charge on any atom is 0.345 e. The number of carbonyl (C=O) groups excluding carboxylic acids is 1. The summed E-state index contributed by atoms with van der Waals surface area (Å²) in [5.41, 5.74) is 0.490. The normalized spacial score (nSPS) is 15.8. The quantitative estimate of drug-likeness (QED) is 0.617. The molecule has 0 bridgehead atoms. The topological polar surface area (TPSA) is 94.4 Å². The van der Waals surface area contributed by atoms with E-state index in [-0.39, 0.29) is 10.7 Å². The predicted molar refractivity (Wildman–Crippen MR) is 89.5 cm³/mol. The van der Waals surface area contributed by atoms with Gasteiger partial charge in [0, 0.05) is 11.1 Å². The molecule has 2 aromatic rings. The Labute approximate surface area is 143 Å². The number of amides is 2. The van der Waals surface area contributed by atoms with Crippen LogP contribution in [0.5, 0.6) is 0 Å². The van der Waals surface area contributed by atoms with Gasteiger partial charge in [0.2, 0.25) is 0 Å². The lowest BCUT2D eigenvalue weighted by Gasteiger charge is -2.34. The number of pyridine rings is 1. The summed E-state index contributed by atoms with van der Waals surface area (Å²) in [6.07, 6.45) is 3.32. The summed E-state index contributed by atoms with van der Waals surface area (Å²) in [4.78, 5) is 18.9. The van der Waals surface area contributed by atoms with E-state index in [4.69, 9.17) is 5.26 Å². The van der Waals surface area contributed by atoms with Crippen molar-refractivity contribution in [1.82, 2.24) is 9.29 Å². The van der Waals surface area contributed by atoms with Crippen molar-refractivity contribution in [3.05, 3.63) is 42.6 Å². The van der Waals surface area contributed by atoms with E-state index in [9.17, 15) is 13.2 Å². The molecular formula is C15H12N4O3S2. The number of hydrogen-bond acceptors (Lipinski definition) is 6. The molecule has 1 aliphatic rings. The van der Waals surface area contributed by atoms with E-state index >= 15 is 0 Å². The van der Waals surface area contributed by atoms with Crippen molar-refractivity contribution in [1.29, 1.82) is 5.26 Å². The van der Waals surface area contributed by atoms with Crippen LogP contribution in [-0.4, -0.2) is 36.5 Å². The molecule has 122 valence electrons. The zero-order valence-electron chi connectivity index (χ0n) is 12.6. The second kappa shape index (κ2) is 6.14. The Hall–Kier alpha value is -2.57. The molecule has 0 radical (unpaired) electrons. The summed E-state index contributed by atoms with van der Waals surface area (Å²) in [7, 11) is -4.10. The van der Waals surface area contributed by atoms with Crippen LogP contribution in [0.15, 0.2) is 52.4 Å². The first-order valence-electron chi connectivity index (χ1n) is 6.83. The van der Waals surface area contributed by atoms with E-state index in [2.05, 4.69) is 4.98 Å². The molecule has 0 fully saturated rings. The Morgan fingerprint density at radius 1 is 1.29 bits per heavy atom. The number of thioether (sulfide) groups is 1. The highest BCUT2D eigenvalue weighted by Gasteiger charge is 2.43. The largest absolute Gasteiger partial charge is 0.345 e. The van der Waals surface area contributed by atoms with Crippen LogP contribution in [0.25, 0.3) is 0 Å². The van der Waals surface area contributed by atoms with E-state index in [0.29, 0.717) is 9.99 Å². The Bertz CT molecular complexity index is 953. The van der Waals surface area contributed by atoms with Crippen molar-refractivity contribution in [2.24, 2.45) is 0 Å². The standard InChI is InChI=1S/C15H12N4O3S2/c1-23-12-5-2-4-11(10-12)19-14-13(6-3-8-17-14)24(21,22)18(9-7-16)15(19)20/h2-6,8,10H,9H2,1H3. The first kappa shape index (κ1) is 16.3. The lowest BCUT2D eigenvalue weighted by molar-refractivity contribution is 0.233. The highest BCUT2D eigenvalue weighted by atomic mass is 32.2. The molecule has 3 rings (SSSR count). The van der Waals surface area contributed by atoms with E-state index in [0.717, 1.165) is 4.90 Å². The highest BCUT2D eigenvalue weighted by molar-refractivity contribution is 7.98. The van der Waals surface area contributed by atoms with Gasteiger partial charge in [-0.05, 0) is 36.6 Å². The molecule has 0 atom stereocenters. The monoisotopic (exact) mass is 360 g/mol. The van der Waals surface area contributed by atoms with E-state index in [1.54, 1.807) is 24.3 Å². The van der Waals surface area contributed by atoms with Crippen LogP contribution >= 0.6 is 11.8 Å². The maximum absolute atomic E-state index is 12.8. The third-order valence-electron chi connectivity index (χ3n) is 3.46. The van der Waals surface area contributed by atoms with Crippen molar-refractivity contribution < 1.29 is 13.2 Å². The smallest absolute Gasteiger partial charge is 0.246 e. The summed E-state index contributed by atoms with van der Waals surface area (Å²) in [6, 6.07) is 10.9. The fraction of sp³-hybridized carbons (Fsp3) is 0.133. The van der Waals surface area contributed by atoms with Crippen LogP contribution in [0.2, 0.25) is 0 Å². The van der Waals surface area contributed by atoms with E-state index in [1.807, 2.05) is 12.3 Å². The Morgan fingerprint density at radius 3 is 2.79 bits per heavy atom. The summed E-state index contributed by atoms with van der Waals surface area (Å²) in [6.45, 7) is -0.561. The zero-order valence-corrected chi connectivity index (χ0v) is 14.2. The number of aromatic nitrogens is 1. The molecule has 0 spiro atoms. The van der Waals surface area contributed by atoms with Gasteiger partial charge in [-0.25, -0.2) is 27.4 Å². The van der Waals surface area contributed by atoms with Crippen molar-refractivity contribution in [2.75, 3.05) is 17.7 Å². The third kappa shape index (κ3) is 2.50. The number of carbonyl (C=O) groups is 1. The van der Waals surface area contributed by atoms with Gasteiger partial charge in [0.1, 0.15) is 11.4 Å². The number of benzene rings is 1. The van der Waals surface area contributed by atoms with Crippen LogP contribution in [0.4, 0.5) is 16.3 Å². The lowest BCUT2D eigenvalue weighted by atomic mass is 10.3. The second-order valence-corrected chi connectivity index (χ2v) is 7.52. The average molecular weight is 360 g/mol. The van der Waals surface area contributed by atoms with Gasteiger partial charge in [0.15, 0.2) is 5.82 Å². The van der Waals surface area contributed by atoms with Crippen molar-refractivity contribution in [2.45, 2.75) is 9.79 Å². The second-order valence-electron chi connectivity index (χ2n) is 4.81. The van der Waals surface area contributed by atoms with Gasteiger partial charge in [-0.1, -0.05) is 6.07 Å². The van der Waals surface area contributed by atoms with Gasteiger partial charge < -0.3 is 0 Å². The molecule has 2 heterocycles. The minimum atomic E-state index is -4.10. The molecule has 0 aliphatic carbocycles. The molecular weight excluding hydrogens is 348 g/mol. The molecule has 2 amide bonds. The first-order chi connectivity index (χ1) is 11.5. The minimum Gasteiger partial charge on any atom is -0.246 e. The first-order valence-corrected chi connectivity index (χ1v) is 9.50. The third-order valence-corrected chi connectivity index (χ3v) is 5.93. The number of hydrogen-bond donors (Lipinski definition) is 0. The van der Waals surface area contributed by atoms with Crippen molar-refractivity contribution >= 4 is 39.3 Å². The SMILES string of the molecule is CSc1cccc(N2C(=O)N(CC#N)S(=O)(=O)c3cccnc32)c1. The van der Waals surface area contributed by atoms with Gasteiger partial charge in [0.05, 0.1) is 11.8 Å². The minimum absolute atomic E-state index is 0.0370. The maximum atomic E-state index is 12.8. The van der Waals surface area contributed by atoms with Gasteiger partial charge in [-0.15, -0.1) is 11.8 Å². The number of fused-ring (bicyclic) bond motifs is 1. The molecule has 1 aliphatic heterocycles. The molecule has 0 N–H and O–H groups in total. The Kier molecular flexibility index (Phi) is 4.17. The van der Waals surface area contributed by atoms with Crippen LogP contribution in [0.1, 0.15) is 0 Å². The molecule has 9 heteroatoms. The fourth-order valence-electron chi connectivity index (χ4n) is 2.37. The predicted octanol–water partition coefficient (Wildman–Crippen LogP) is 2.59. The average Bonchev–Trinajstić information content (AvgIpc) is 2.59. The Balaban J connectivity index is 2.25. The number of rotatable bonds is 3. The van der Waals surface area contributed by atoms with E-state index in [1.165, 1.54) is 35.0 Å². The molecule has 1 aromatic heterocycles. The van der Waals surface area contributed by atoms with Gasteiger partial charge in [-0.3, -0.25) is 0 Å². The van der Waals surface area contributed by atoms with Gasteiger partial charge in [0.25, 0.3) is 10.0 Å². The molecule has 24 heavy (non-hydrogen) atoms. The molecule has 0 unspecified atom stereocenters. The molecule has 0 saturated carbocycles. The number of nitriles is 1. The summed E-state index contributed by atoms with van der Waals surface area (Å²) in [5, 5.41) is 8.91. The summed E-state index contributed by atoms with van der Waals surface area (Å²) < 4.78 is 25.7. The van der Waals surface area contributed by atoms with Crippen LogP contribution in [0, 0.1) is 11.3 Å². The van der Waals surface area contributed by atoms with Crippen molar-refractivity contribution in [3.63, 3.8) is 0 Å². The fourth-order valence-corrected chi connectivity index (χ4v) is 4.21. The highest BCUT2D eigenvalue weighted by Crippen LogP contribution is 2.37. The van der Waals surface area contributed by atoms with Crippen LogP contribution in [-0.2, 0) is 10.0 Å². The number of nitrogens with zero attached hydrogens (tertiary/aromatic N) is 4. The number of anilines is 2. The summed E-state index contributed by atoms with van der Waals surface area (Å²) in [5.74, 6) is 0.0370. The summed E-state index contributed by atoms with van der Waals surface area (Å²) >= 11 is 1.50. The Morgan fingerprint density at radius 2 is 2.08 bits per heavy atom. The molecule has 0 saturated heterocycles. The van der Waals surface area contributed by atoms with Gasteiger partial charge >= 0.3 is 6.03 Å². The molecule has 7 nitrogen and oxygen atoms in total. The number of urea groups is 1. The molecule has 1 aromatic carbocycles. The van der Waals surface area contributed by atoms with Crippen LogP contribution < -0.4 is 4.90 Å². The van der Waals surface area contributed by atoms with E-state index < -0.39 is 22.6 Å². The zero-order chi connectivity index (χ0) is 17.3. The lowest BCUT2D eigenvalue weighted by Crippen LogP contribution is -2.49. The van der Waals surface area contributed by atoms with Gasteiger partial charge in [-0.2, -0.15) is 5.26 Å². The number of sulfonamides is 1.